The average Bonchev–Trinajstić information content (AvgIpc) is 3.33. The van der Waals surface area contributed by atoms with Gasteiger partial charge in [0.15, 0.2) is 0 Å². The fourth-order valence-electron chi connectivity index (χ4n) is 4.52. The smallest absolute Gasteiger partial charge is 0.338 e. The van der Waals surface area contributed by atoms with Crippen LogP contribution in [0.15, 0.2) is 72.8 Å². The molecule has 11 nitrogen and oxygen atoms in total. The predicted octanol–water partition coefficient (Wildman–Crippen LogP) is 3.58. The molecule has 1 aliphatic rings. The molecule has 12 heteroatoms. The maximum atomic E-state index is 13.3. The first-order chi connectivity index (χ1) is 20.9. The summed E-state index contributed by atoms with van der Waals surface area (Å²) in [7, 11) is 2.91. The van der Waals surface area contributed by atoms with Crippen molar-refractivity contribution in [1.82, 2.24) is 9.80 Å². The number of nitrogens with one attached hydrogen (secondary N) is 2. The van der Waals surface area contributed by atoms with Crippen molar-refractivity contribution in [3.63, 3.8) is 0 Å². The number of sulfonamides is 1. The Kier molecular flexibility index (Phi) is 10.1. The van der Waals surface area contributed by atoms with Crippen molar-refractivity contribution in [3.8, 4) is 0 Å². The number of nitrogens with zero attached hydrogens (tertiary/aromatic N) is 3. The third-order valence-corrected chi connectivity index (χ3v) is 8.63. The fraction of sp³-hybridized carbons (Fsp3) is 0.281. The van der Waals surface area contributed by atoms with E-state index in [0.29, 0.717) is 46.0 Å². The summed E-state index contributed by atoms with van der Waals surface area (Å²) in [5.74, 6) is -1.33. The van der Waals surface area contributed by atoms with Crippen molar-refractivity contribution in [1.29, 1.82) is 0 Å². The van der Waals surface area contributed by atoms with Crippen LogP contribution in [0.4, 0.5) is 17.1 Å². The number of fused-ring (bicyclic) bond motifs is 1. The molecule has 1 aliphatic heterocycles. The lowest BCUT2D eigenvalue weighted by Crippen LogP contribution is -2.42. The van der Waals surface area contributed by atoms with Crippen LogP contribution in [0.2, 0.25) is 0 Å². The topological polar surface area (TPSA) is 128 Å². The van der Waals surface area contributed by atoms with Crippen LogP contribution in [0.25, 0.3) is 11.3 Å². The van der Waals surface area contributed by atoms with Gasteiger partial charge in [-0.3, -0.25) is 13.9 Å². The quantitative estimate of drug-likeness (QED) is 0.233. The number of esters is 1. The number of anilines is 3. The largest absolute Gasteiger partial charge is 0.462 e. The molecule has 2 amide bonds. The number of likely N-dealkylation sites (N-methyl/N-ethyl adjacent to an activating group) is 1. The van der Waals surface area contributed by atoms with E-state index in [4.69, 9.17) is 4.74 Å². The minimum Gasteiger partial charge on any atom is -0.462 e. The van der Waals surface area contributed by atoms with Crippen LogP contribution < -0.4 is 14.9 Å². The van der Waals surface area contributed by atoms with Crippen molar-refractivity contribution in [2.24, 2.45) is 0 Å². The Bertz CT molecular complexity index is 1670. The third-order valence-electron chi connectivity index (χ3n) is 6.92. The van der Waals surface area contributed by atoms with Gasteiger partial charge in [-0.15, -0.1) is 0 Å². The van der Waals surface area contributed by atoms with Crippen molar-refractivity contribution < 1.29 is 27.5 Å². The van der Waals surface area contributed by atoms with Gasteiger partial charge in [-0.1, -0.05) is 36.4 Å². The van der Waals surface area contributed by atoms with Crippen LogP contribution in [-0.4, -0.2) is 89.6 Å². The zero-order chi connectivity index (χ0) is 32.0. The zero-order valence-corrected chi connectivity index (χ0v) is 26.3. The molecule has 3 aromatic rings. The lowest BCUT2D eigenvalue weighted by Gasteiger charge is -2.26. The van der Waals surface area contributed by atoms with Gasteiger partial charge in [0.2, 0.25) is 15.9 Å². The minimum absolute atomic E-state index is 0.155. The molecule has 1 heterocycles. The van der Waals surface area contributed by atoms with E-state index in [1.807, 2.05) is 30.3 Å². The van der Waals surface area contributed by atoms with Gasteiger partial charge in [0.1, 0.15) is 6.54 Å². The molecule has 3 aromatic carbocycles. The first-order valence-corrected chi connectivity index (χ1v) is 15.7. The number of amides is 2. The second-order valence-electron chi connectivity index (χ2n) is 10.6. The normalized spacial score (nSPS) is 13.6. The molecule has 0 saturated heterocycles. The van der Waals surface area contributed by atoms with Gasteiger partial charge in [0.05, 0.1) is 40.6 Å². The van der Waals surface area contributed by atoms with Crippen molar-refractivity contribution in [3.05, 3.63) is 89.5 Å². The average molecular weight is 620 g/mol. The Balaban J connectivity index is 1.72. The Morgan fingerprint density at radius 1 is 0.909 bits per heavy atom. The van der Waals surface area contributed by atoms with Crippen molar-refractivity contribution in [2.75, 3.05) is 68.6 Å². The Hall–Kier alpha value is -4.68. The van der Waals surface area contributed by atoms with Gasteiger partial charge < -0.3 is 25.2 Å². The summed E-state index contributed by atoms with van der Waals surface area (Å²) in [4.78, 5) is 41.3. The number of hydrogen-bond donors (Lipinski definition) is 2. The van der Waals surface area contributed by atoms with Crippen LogP contribution in [0.3, 0.4) is 0 Å². The molecule has 0 atom stereocenters. The molecule has 4 rings (SSSR count). The van der Waals surface area contributed by atoms with E-state index in [2.05, 4.69) is 10.6 Å². The highest BCUT2D eigenvalue weighted by atomic mass is 32.2. The van der Waals surface area contributed by atoms with E-state index in [0.717, 1.165) is 9.87 Å². The summed E-state index contributed by atoms with van der Waals surface area (Å²) in [6.07, 6.45) is 0. The SMILES string of the molecule is CCOC(=O)c1ccc2c(c1)NC(=O)/C2=C(\Nc1ccc(N(CC(=O)N(C)C)S(=O)(=O)CCN(C)C)cc1)c1ccccc1. The zero-order valence-electron chi connectivity index (χ0n) is 25.5. The molecule has 0 aliphatic carbocycles. The van der Waals surface area contributed by atoms with Gasteiger partial charge in [-0.25, -0.2) is 13.2 Å². The van der Waals surface area contributed by atoms with Crippen LogP contribution >= 0.6 is 0 Å². The van der Waals surface area contributed by atoms with Crippen LogP contribution in [-0.2, 0) is 24.3 Å². The number of hydrogen-bond acceptors (Lipinski definition) is 8. The molecular formula is C32H37N5O6S. The molecule has 0 spiro atoms. The highest BCUT2D eigenvalue weighted by Gasteiger charge is 2.30. The van der Waals surface area contributed by atoms with E-state index < -0.39 is 16.0 Å². The number of carbonyl (C=O) groups excluding carboxylic acids is 3. The number of benzene rings is 3. The highest BCUT2D eigenvalue weighted by Crippen LogP contribution is 2.38. The first-order valence-electron chi connectivity index (χ1n) is 14.1. The maximum absolute atomic E-state index is 13.3. The molecule has 0 bridgehead atoms. The van der Waals surface area contributed by atoms with Gasteiger partial charge in [0.25, 0.3) is 5.91 Å². The van der Waals surface area contributed by atoms with Crippen LogP contribution in [0, 0.1) is 0 Å². The molecule has 232 valence electrons. The Labute approximate surface area is 258 Å². The number of rotatable bonds is 12. The summed E-state index contributed by atoms with van der Waals surface area (Å²) in [5.41, 5.74) is 4.02. The maximum Gasteiger partial charge on any atom is 0.338 e. The van der Waals surface area contributed by atoms with E-state index >= 15 is 0 Å². The molecule has 0 unspecified atom stereocenters. The first kappa shape index (κ1) is 32.2. The minimum atomic E-state index is -3.82. The summed E-state index contributed by atoms with van der Waals surface area (Å²) >= 11 is 0. The predicted molar refractivity (Wildman–Crippen MR) is 173 cm³/mol. The molecular weight excluding hydrogens is 582 g/mol. The second-order valence-corrected chi connectivity index (χ2v) is 12.6. The summed E-state index contributed by atoms with van der Waals surface area (Å²) < 4.78 is 32.8. The summed E-state index contributed by atoms with van der Waals surface area (Å²) in [5, 5.41) is 6.20. The number of carbonyl (C=O) groups is 3. The monoisotopic (exact) mass is 619 g/mol. The molecule has 0 radical (unpaired) electrons. The van der Waals surface area contributed by atoms with Crippen molar-refractivity contribution in [2.45, 2.75) is 6.92 Å². The van der Waals surface area contributed by atoms with Crippen molar-refractivity contribution >= 4 is 56.1 Å². The van der Waals surface area contributed by atoms with E-state index in [1.165, 1.54) is 4.90 Å². The van der Waals surface area contributed by atoms with Gasteiger partial charge in [-0.05, 0) is 63.0 Å². The molecule has 0 saturated carbocycles. The van der Waals surface area contributed by atoms with Crippen LogP contribution in [0.5, 0.6) is 0 Å². The fourth-order valence-corrected chi connectivity index (χ4v) is 6.09. The lowest BCUT2D eigenvalue weighted by molar-refractivity contribution is -0.127. The number of ether oxygens (including phenoxy) is 1. The van der Waals surface area contributed by atoms with E-state index in [1.54, 1.807) is 82.5 Å². The van der Waals surface area contributed by atoms with Gasteiger partial charge >= 0.3 is 5.97 Å². The van der Waals surface area contributed by atoms with Gasteiger partial charge in [-0.2, -0.15) is 0 Å². The third kappa shape index (κ3) is 7.44. The second kappa shape index (κ2) is 13.7. The Morgan fingerprint density at radius 3 is 2.20 bits per heavy atom. The van der Waals surface area contributed by atoms with Crippen LogP contribution in [0.1, 0.15) is 28.4 Å². The lowest BCUT2D eigenvalue weighted by atomic mass is 9.99. The molecule has 0 aromatic heterocycles. The summed E-state index contributed by atoms with van der Waals surface area (Å²) in [6.45, 7) is 1.93. The van der Waals surface area contributed by atoms with Gasteiger partial charge in [0, 0.05) is 31.9 Å². The summed E-state index contributed by atoms with van der Waals surface area (Å²) in [6, 6.07) is 20.9. The molecule has 44 heavy (non-hydrogen) atoms. The highest BCUT2D eigenvalue weighted by molar-refractivity contribution is 7.92. The molecule has 2 N–H and O–H groups in total. The van der Waals surface area contributed by atoms with E-state index in [-0.39, 0.29) is 30.7 Å². The Morgan fingerprint density at radius 2 is 1.59 bits per heavy atom. The molecule has 0 fully saturated rings. The standard InChI is InChI=1S/C32H37N5O6S/c1-6-43-32(40)23-12-17-26-27(20-23)34-31(39)29(26)30(22-10-8-7-9-11-22)33-24-13-15-25(16-14-24)37(21-28(38)36(4)5)44(41,42)19-18-35(2)3/h7-17,20,33H,6,18-19,21H2,1-5H3,(H,34,39)/b30-29-. The van der Waals surface area contributed by atoms with E-state index in [9.17, 15) is 22.8 Å².